The number of alkyl halides is 3. The Labute approximate surface area is 126 Å². The third kappa shape index (κ3) is 5.58. The summed E-state index contributed by atoms with van der Waals surface area (Å²) in [6.07, 6.45) is -2.35. The molecule has 20 heavy (non-hydrogen) atoms. The summed E-state index contributed by atoms with van der Waals surface area (Å²) in [4.78, 5) is 1.24. The van der Waals surface area contributed by atoms with Crippen molar-refractivity contribution < 1.29 is 13.2 Å². The molecule has 1 aromatic carbocycles. The van der Waals surface area contributed by atoms with E-state index >= 15 is 0 Å². The summed E-state index contributed by atoms with van der Waals surface area (Å²) in [6, 6.07) is 5.61. The van der Waals surface area contributed by atoms with E-state index in [0.29, 0.717) is 13.0 Å². The van der Waals surface area contributed by atoms with Gasteiger partial charge >= 0.3 is 6.18 Å². The van der Waals surface area contributed by atoms with Gasteiger partial charge in [-0.25, -0.2) is 0 Å². The molecule has 0 atom stereocenters. The van der Waals surface area contributed by atoms with Gasteiger partial charge in [0.05, 0.1) is 0 Å². The molecule has 0 saturated carbocycles. The Morgan fingerprint density at radius 2 is 2.05 bits per heavy atom. The minimum atomic E-state index is -4.08. The number of hydrogen-bond donors (Lipinski definition) is 2. The zero-order valence-electron chi connectivity index (χ0n) is 11.1. The van der Waals surface area contributed by atoms with Gasteiger partial charge in [0.25, 0.3) is 0 Å². The first-order valence-corrected chi connectivity index (χ1v) is 7.76. The summed E-state index contributed by atoms with van der Waals surface area (Å²) in [5.74, 6) is 0. The zero-order valence-corrected chi connectivity index (χ0v) is 12.7. The second-order valence-electron chi connectivity index (χ2n) is 4.25. The quantitative estimate of drug-likeness (QED) is 0.448. The van der Waals surface area contributed by atoms with E-state index in [0.717, 1.165) is 16.1 Å². The number of halogens is 3. The molecule has 0 heterocycles. The fraction of sp³-hybridized carbons (Fsp3) is 0.462. The lowest BCUT2D eigenvalue weighted by Gasteiger charge is -2.14. The summed E-state index contributed by atoms with van der Waals surface area (Å²) in [7, 11) is 0. The van der Waals surface area contributed by atoms with Crippen LogP contribution in [0.4, 0.5) is 18.9 Å². The molecule has 0 unspecified atom stereocenters. The van der Waals surface area contributed by atoms with Crippen molar-refractivity contribution in [2.45, 2.75) is 30.3 Å². The molecule has 0 amide bonds. The highest BCUT2D eigenvalue weighted by atomic mass is 32.2. The minimum absolute atomic E-state index is 0.112. The molecule has 2 nitrogen and oxygen atoms in total. The molecule has 0 bridgehead atoms. The van der Waals surface area contributed by atoms with Crippen LogP contribution in [-0.4, -0.2) is 24.0 Å². The molecule has 1 aromatic rings. The van der Waals surface area contributed by atoms with Crippen LogP contribution in [0.1, 0.15) is 24.8 Å². The Kier molecular flexibility index (Phi) is 6.61. The van der Waals surface area contributed by atoms with E-state index < -0.39 is 12.6 Å². The van der Waals surface area contributed by atoms with Crippen molar-refractivity contribution in [3.8, 4) is 0 Å². The number of anilines is 1. The summed E-state index contributed by atoms with van der Waals surface area (Å²) >= 11 is 6.56. The van der Waals surface area contributed by atoms with Gasteiger partial charge in [-0.1, -0.05) is 18.3 Å². The number of rotatable bonds is 7. The average molecular weight is 322 g/mol. The largest absolute Gasteiger partial charge is 0.389 e. The number of thioether (sulfide) groups is 1. The molecule has 112 valence electrons. The molecular weight excluding hydrogens is 305 g/mol. The normalized spacial score (nSPS) is 11.4. The SMILES string of the molecule is CSc1cccc(NCCCCC(F)(F)F)c1C(N)=S. The molecule has 0 aliphatic rings. The van der Waals surface area contributed by atoms with E-state index in [1.807, 2.05) is 24.5 Å². The van der Waals surface area contributed by atoms with Gasteiger partial charge in [0, 0.05) is 29.1 Å². The van der Waals surface area contributed by atoms with Crippen molar-refractivity contribution in [2.24, 2.45) is 5.73 Å². The molecule has 0 spiro atoms. The van der Waals surface area contributed by atoms with Crippen molar-refractivity contribution in [3.05, 3.63) is 23.8 Å². The molecule has 0 aliphatic carbocycles. The number of thiocarbonyl (C=S) groups is 1. The average Bonchev–Trinajstić information content (AvgIpc) is 2.36. The lowest BCUT2D eigenvalue weighted by Crippen LogP contribution is -2.15. The topological polar surface area (TPSA) is 38.0 Å². The van der Waals surface area contributed by atoms with Crippen LogP contribution in [0.5, 0.6) is 0 Å². The number of nitrogens with two attached hydrogens (primary N) is 1. The predicted molar refractivity (Wildman–Crippen MR) is 82.5 cm³/mol. The Morgan fingerprint density at radius 1 is 1.35 bits per heavy atom. The van der Waals surface area contributed by atoms with E-state index in [-0.39, 0.29) is 11.4 Å². The maximum atomic E-state index is 12.0. The van der Waals surface area contributed by atoms with Crippen LogP contribution in [0.3, 0.4) is 0 Å². The second kappa shape index (κ2) is 7.73. The summed E-state index contributed by atoms with van der Waals surface area (Å²) in [5, 5.41) is 3.11. The maximum Gasteiger partial charge on any atom is 0.389 e. The lowest BCUT2D eigenvalue weighted by molar-refractivity contribution is -0.135. The van der Waals surface area contributed by atoms with Crippen LogP contribution in [-0.2, 0) is 0 Å². The highest BCUT2D eigenvalue weighted by Crippen LogP contribution is 2.27. The predicted octanol–water partition coefficient (Wildman–Crippen LogP) is 4.19. The van der Waals surface area contributed by atoms with E-state index in [1.165, 1.54) is 11.8 Å². The summed E-state index contributed by atoms with van der Waals surface area (Å²) in [5.41, 5.74) is 7.24. The first-order valence-electron chi connectivity index (χ1n) is 6.12. The maximum absolute atomic E-state index is 12.0. The van der Waals surface area contributed by atoms with Gasteiger partial charge in [-0.2, -0.15) is 13.2 Å². The van der Waals surface area contributed by atoms with Crippen LogP contribution < -0.4 is 11.1 Å². The fourth-order valence-electron chi connectivity index (χ4n) is 1.78. The Morgan fingerprint density at radius 3 is 2.60 bits per heavy atom. The van der Waals surface area contributed by atoms with Crippen molar-refractivity contribution in [1.82, 2.24) is 0 Å². The Balaban J connectivity index is 2.58. The fourth-order valence-corrected chi connectivity index (χ4v) is 2.70. The third-order valence-electron chi connectivity index (χ3n) is 2.70. The van der Waals surface area contributed by atoms with Crippen molar-refractivity contribution in [3.63, 3.8) is 0 Å². The van der Waals surface area contributed by atoms with Crippen LogP contribution in [0.15, 0.2) is 23.1 Å². The third-order valence-corrected chi connectivity index (χ3v) is 3.68. The summed E-state index contributed by atoms with van der Waals surface area (Å²) < 4.78 is 36.1. The molecule has 0 aromatic heterocycles. The minimum Gasteiger partial charge on any atom is -0.389 e. The lowest BCUT2D eigenvalue weighted by atomic mass is 10.1. The second-order valence-corrected chi connectivity index (χ2v) is 5.53. The highest BCUT2D eigenvalue weighted by Gasteiger charge is 2.25. The van der Waals surface area contributed by atoms with Gasteiger partial charge in [-0.3, -0.25) is 0 Å². The number of benzene rings is 1. The van der Waals surface area contributed by atoms with Gasteiger partial charge in [0.2, 0.25) is 0 Å². The molecule has 0 radical (unpaired) electrons. The van der Waals surface area contributed by atoms with Crippen molar-refractivity contribution >= 4 is 34.7 Å². The molecule has 3 N–H and O–H groups in total. The molecule has 0 aliphatic heterocycles. The molecule has 0 saturated heterocycles. The van der Waals surface area contributed by atoms with E-state index in [9.17, 15) is 13.2 Å². The van der Waals surface area contributed by atoms with E-state index in [4.69, 9.17) is 18.0 Å². The van der Waals surface area contributed by atoms with Crippen LogP contribution in [0.25, 0.3) is 0 Å². The molecule has 1 rings (SSSR count). The molecule has 7 heteroatoms. The van der Waals surface area contributed by atoms with E-state index in [1.54, 1.807) is 0 Å². The Hall–Kier alpha value is -0.950. The smallest absolute Gasteiger partial charge is 0.389 e. The van der Waals surface area contributed by atoms with Gasteiger partial charge < -0.3 is 11.1 Å². The van der Waals surface area contributed by atoms with E-state index in [2.05, 4.69) is 5.32 Å². The number of nitrogens with one attached hydrogen (secondary N) is 1. The van der Waals surface area contributed by atoms with Crippen LogP contribution in [0.2, 0.25) is 0 Å². The zero-order chi connectivity index (χ0) is 15.2. The monoisotopic (exact) mass is 322 g/mol. The van der Waals surface area contributed by atoms with Gasteiger partial charge in [0.1, 0.15) is 4.99 Å². The van der Waals surface area contributed by atoms with Crippen molar-refractivity contribution in [1.29, 1.82) is 0 Å². The van der Waals surface area contributed by atoms with Gasteiger partial charge in [0.15, 0.2) is 0 Å². The summed E-state index contributed by atoms with van der Waals surface area (Å²) in [6.45, 7) is 0.462. The highest BCUT2D eigenvalue weighted by molar-refractivity contribution is 7.98. The Bertz CT molecular complexity index is 461. The standard InChI is InChI=1S/C13H17F3N2S2/c1-20-10-6-4-5-9(11(10)12(17)19)18-8-3-2-7-13(14,15)16/h4-6,18H,2-3,7-8H2,1H3,(H2,17,19). The van der Waals surface area contributed by atoms with Crippen LogP contribution >= 0.6 is 24.0 Å². The number of hydrogen-bond acceptors (Lipinski definition) is 3. The molecule has 0 fully saturated rings. The number of unbranched alkanes of at least 4 members (excludes halogenated alkanes) is 1. The van der Waals surface area contributed by atoms with Gasteiger partial charge in [-0.15, -0.1) is 11.8 Å². The first kappa shape index (κ1) is 17.1. The van der Waals surface area contributed by atoms with Gasteiger partial charge in [-0.05, 0) is 31.2 Å². The first-order chi connectivity index (χ1) is 9.35. The van der Waals surface area contributed by atoms with Crippen molar-refractivity contribution in [2.75, 3.05) is 18.1 Å². The van der Waals surface area contributed by atoms with Crippen LogP contribution in [0, 0.1) is 0 Å². The molecular formula is C13H17F3N2S2.